The van der Waals surface area contributed by atoms with E-state index in [4.69, 9.17) is 0 Å². The van der Waals surface area contributed by atoms with Crippen molar-refractivity contribution in [3.05, 3.63) is 0 Å². The van der Waals surface area contributed by atoms with Gasteiger partial charge in [0.15, 0.2) is 0 Å². The molecule has 28 heavy (non-hydrogen) atoms. The lowest BCUT2D eigenvalue weighted by molar-refractivity contribution is -0.103. The zero-order valence-electron chi connectivity index (χ0n) is 19.9. The second kappa shape index (κ2) is 8.26. The van der Waals surface area contributed by atoms with E-state index in [-0.39, 0.29) is 0 Å². The maximum atomic E-state index is 2.76. The third-order valence-corrected chi connectivity index (χ3v) is 11.0. The molecule has 0 aromatic carbocycles. The van der Waals surface area contributed by atoms with Gasteiger partial charge in [0.2, 0.25) is 0 Å². The van der Waals surface area contributed by atoms with Crippen LogP contribution in [0.3, 0.4) is 0 Å². The van der Waals surface area contributed by atoms with Crippen LogP contribution in [0.5, 0.6) is 0 Å². The van der Waals surface area contributed by atoms with Gasteiger partial charge in [-0.2, -0.15) is 0 Å². The lowest BCUT2D eigenvalue weighted by atomic mass is 9.46. The van der Waals surface area contributed by atoms with Crippen LogP contribution >= 0.6 is 0 Å². The minimum absolute atomic E-state index is 0.673. The van der Waals surface area contributed by atoms with Crippen molar-refractivity contribution in [3.63, 3.8) is 0 Å². The van der Waals surface area contributed by atoms with Gasteiger partial charge in [-0.15, -0.1) is 0 Å². The summed E-state index contributed by atoms with van der Waals surface area (Å²) in [7, 11) is 0. The lowest BCUT2D eigenvalue weighted by Gasteiger charge is -2.59. The SMILES string of the molecule is CC(C)CCC[C@@H](C)[C@@H]1CC[C@@H]2[C@@H]3CC[C@H]4CCCCC[C@]4(C)[C@H]3CC[C@]21C. The Morgan fingerprint density at radius 1 is 0.714 bits per heavy atom. The van der Waals surface area contributed by atoms with Crippen LogP contribution in [0.1, 0.15) is 125 Å². The molecule has 0 aromatic rings. The molecule has 4 rings (SSSR count). The Kier molecular flexibility index (Phi) is 6.27. The number of fused-ring (bicyclic) bond motifs is 5. The monoisotopic (exact) mass is 386 g/mol. The molecule has 4 aliphatic carbocycles. The summed E-state index contributed by atoms with van der Waals surface area (Å²) < 4.78 is 0. The van der Waals surface area contributed by atoms with Crippen LogP contribution < -0.4 is 0 Å². The molecule has 4 saturated carbocycles. The van der Waals surface area contributed by atoms with Gasteiger partial charge in [0.05, 0.1) is 0 Å². The van der Waals surface area contributed by atoms with E-state index in [2.05, 4.69) is 34.6 Å². The van der Waals surface area contributed by atoms with E-state index in [0.717, 1.165) is 41.4 Å². The van der Waals surface area contributed by atoms with Gasteiger partial charge in [-0.1, -0.05) is 73.1 Å². The van der Waals surface area contributed by atoms with Crippen molar-refractivity contribution in [3.8, 4) is 0 Å². The lowest BCUT2D eigenvalue weighted by Crippen LogP contribution is -2.52. The molecule has 0 spiro atoms. The van der Waals surface area contributed by atoms with Gasteiger partial charge in [0.1, 0.15) is 0 Å². The van der Waals surface area contributed by atoms with Gasteiger partial charge in [0.25, 0.3) is 0 Å². The van der Waals surface area contributed by atoms with Crippen molar-refractivity contribution in [2.24, 2.45) is 52.3 Å². The molecule has 0 heteroatoms. The predicted octanol–water partition coefficient (Wildman–Crippen LogP) is 8.89. The second-order valence-electron chi connectivity index (χ2n) is 12.8. The van der Waals surface area contributed by atoms with Crippen molar-refractivity contribution in [1.82, 2.24) is 0 Å². The van der Waals surface area contributed by atoms with Crippen molar-refractivity contribution in [2.45, 2.75) is 125 Å². The molecular weight excluding hydrogens is 336 g/mol. The normalized spacial score (nSPS) is 47.1. The summed E-state index contributed by atoms with van der Waals surface area (Å²) in [6.45, 7) is 12.9. The molecule has 4 fully saturated rings. The van der Waals surface area contributed by atoms with Crippen LogP contribution in [0.2, 0.25) is 0 Å². The maximum Gasteiger partial charge on any atom is -0.0264 e. The van der Waals surface area contributed by atoms with E-state index in [0.29, 0.717) is 10.8 Å². The summed E-state index contributed by atoms with van der Waals surface area (Å²) in [5.74, 6) is 7.12. The Hall–Kier alpha value is 0. The zero-order chi connectivity index (χ0) is 19.9. The standard InChI is InChI=1S/C28H50/c1-20(2)10-9-11-21(3)24-15-16-25-23-14-13-22-12-7-6-8-18-27(22,4)26(23)17-19-28(24,25)5/h20-26H,6-19H2,1-5H3/t21-,22-,23+,24+,25-,26+,27+,28+/m1/s1. The first-order chi connectivity index (χ1) is 13.4. The molecule has 0 heterocycles. The van der Waals surface area contributed by atoms with Gasteiger partial charge < -0.3 is 0 Å². The van der Waals surface area contributed by atoms with Crippen LogP contribution in [0.15, 0.2) is 0 Å². The fourth-order valence-electron chi connectivity index (χ4n) is 9.50. The quantitative estimate of drug-likeness (QED) is 0.442. The highest BCUT2D eigenvalue weighted by atomic mass is 14.6. The van der Waals surface area contributed by atoms with Crippen molar-refractivity contribution < 1.29 is 0 Å². The maximum absolute atomic E-state index is 2.76. The van der Waals surface area contributed by atoms with E-state index in [1.807, 2.05) is 0 Å². The molecule has 0 aliphatic heterocycles. The van der Waals surface area contributed by atoms with Gasteiger partial charge in [0, 0.05) is 0 Å². The molecule has 4 aliphatic rings. The highest BCUT2D eigenvalue weighted by Gasteiger charge is 2.59. The fourth-order valence-corrected chi connectivity index (χ4v) is 9.50. The van der Waals surface area contributed by atoms with E-state index in [1.165, 1.54) is 38.5 Å². The minimum atomic E-state index is 0.673. The summed E-state index contributed by atoms with van der Waals surface area (Å²) in [5.41, 5.74) is 1.37. The summed E-state index contributed by atoms with van der Waals surface area (Å²) in [6, 6.07) is 0. The number of hydrogen-bond acceptors (Lipinski definition) is 0. The Labute approximate surface area is 177 Å². The molecule has 0 nitrogen and oxygen atoms in total. The molecule has 0 N–H and O–H groups in total. The summed E-state index contributed by atoms with van der Waals surface area (Å²) in [5, 5.41) is 0. The largest absolute Gasteiger partial charge is 0.0628 e. The smallest absolute Gasteiger partial charge is 0.0264 e. The first kappa shape index (κ1) is 21.2. The molecule has 0 saturated heterocycles. The molecule has 8 atom stereocenters. The van der Waals surface area contributed by atoms with E-state index in [9.17, 15) is 0 Å². The highest BCUT2D eigenvalue weighted by Crippen LogP contribution is 2.68. The Balaban J connectivity index is 1.47. The van der Waals surface area contributed by atoms with Gasteiger partial charge in [-0.25, -0.2) is 0 Å². The van der Waals surface area contributed by atoms with Gasteiger partial charge in [-0.3, -0.25) is 0 Å². The van der Waals surface area contributed by atoms with Crippen LogP contribution in [0.25, 0.3) is 0 Å². The summed E-state index contributed by atoms with van der Waals surface area (Å²) in [6.07, 6.45) is 21.4. The average molecular weight is 387 g/mol. The van der Waals surface area contributed by atoms with Crippen LogP contribution in [-0.2, 0) is 0 Å². The van der Waals surface area contributed by atoms with Crippen molar-refractivity contribution in [2.75, 3.05) is 0 Å². The predicted molar refractivity (Wildman–Crippen MR) is 122 cm³/mol. The van der Waals surface area contributed by atoms with Crippen LogP contribution in [0, 0.1) is 52.3 Å². The van der Waals surface area contributed by atoms with Crippen LogP contribution in [-0.4, -0.2) is 0 Å². The third kappa shape index (κ3) is 3.62. The minimum Gasteiger partial charge on any atom is -0.0628 e. The molecule has 162 valence electrons. The Bertz CT molecular complexity index is 520. The zero-order valence-corrected chi connectivity index (χ0v) is 19.9. The summed E-state index contributed by atoms with van der Waals surface area (Å²) in [4.78, 5) is 0. The molecule has 0 bridgehead atoms. The first-order valence-corrected chi connectivity index (χ1v) is 13.4. The second-order valence-corrected chi connectivity index (χ2v) is 12.8. The Morgan fingerprint density at radius 2 is 1.50 bits per heavy atom. The first-order valence-electron chi connectivity index (χ1n) is 13.4. The van der Waals surface area contributed by atoms with E-state index >= 15 is 0 Å². The summed E-state index contributed by atoms with van der Waals surface area (Å²) >= 11 is 0. The van der Waals surface area contributed by atoms with Crippen molar-refractivity contribution in [1.29, 1.82) is 0 Å². The van der Waals surface area contributed by atoms with Crippen molar-refractivity contribution >= 4 is 0 Å². The van der Waals surface area contributed by atoms with E-state index < -0.39 is 0 Å². The average Bonchev–Trinajstić information content (AvgIpc) is 2.87. The molecule has 0 amide bonds. The molecule has 0 unspecified atom stereocenters. The topological polar surface area (TPSA) is 0 Å². The molecule has 0 radical (unpaired) electrons. The van der Waals surface area contributed by atoms with Gasteiger partial charge in [-0.05, 0) is 104 Å². The third-order valence-electron chi connectivity index (χ3n) is 11.0. The highest BCUT2D eigenvalue weighted by molar-refractivity contribution is 5.08. The number of hydrogen-bond donors (Lipinski definition) is 0. The van der Waals surface area contributed by atoms with Crippen LogP contribution in [0.4, 0.5) is 0 Å². The van der Waals surface area contributed by atoms with E-state index in [1.54, 1.807) is 51.4 Å². The van der Waals surface area contributed by atoms with Gasteiger partial charge >= 0.3 is 0 Å². The number of rotatable bonds is 5. The molecule has 0 aromatic heterocycles. The molecular formula is C28H50. The fraction of sp³-hybridized carbons (Fsp3) is 1.00. The Morgan fingerprint density at radius 3 is 2.29 bits per heavy atom.